The fourth-order valence-electron chi connectivity index (χ4n) is 1.15. The predicted molar refractivity (Wildman–Crippen MR) is 52.4 cm³/mol. The molecule has 0 spiro atoms. The van der Waals surface area contributed by atoms with Gasteiger partial charge in [0.2, 0.25) is 5.89 Å². The molecule has 2 aromatic rings. The number of nitrogens with one attached hydrogen (secondary N) is 1. The molecule has 0 bridgehead atoms. The van der Waals surface area contributed by atoms with E-state index >= 15 is 0 Å². The smallest absolute Gasteiger partial charge is 0.253 e. The molecule has 0 saturated heterocycles. The summed E-state index contributed by atoms with van der Waals surface area (Å²) < 4.78 is 27.2. The Balaban J connectivity index is 2.44. The fraction of sp³-hybridized carbons (Fsp3) is 0.125. The Morgan fingerprint density at radius 2 is 2.27 bits per heavy atom. The first kappa shape index (κ1) is 9.94. The van der Waals surface area contributed by atoms with Crippen molar-refractivity contribution < 1.29 is 12.8 Å². The van der Waals surface area contributed by atoms with E-state index in [0.29, 0.717) is 17.2 Å². The molecule has 15 heavy (non-hydrogen) atoms. The van der Waals surface area contributed by atoms with Gasteiger partial charge < -0.3 is 9.40 Å². The highest BCUT2D eigenvalue weighted by atomic mass is 32.2. The second-order valence-electron chi connectivity index (χ2n) is 3.07. The SMILES string of the molecule is Cc1cnc(-c2c[nH]c(S(N)(=O)=O)c2)o1. The van der Waals surface area contributed by atoms with Gasteiger partial charge in [-0.05, 0) is 13.0 Å². The number of rotatable bonds is 2. The second kappa shape index (κ2) is 3.21. The van der Waals surface area contributed by atoms with Crippen LogP contribution in [-0.2, 0) is 10.0 Å². The van der Waals surface area contributed by atoms with Crippen molar-refractivity contribution in [1.82, 2.24) is 9.97 Å². The molecular formula is C8H9N3O3S. The Hall–Kier alpha value is -1.60. The quantitative estimate of drug-likeness (QED) is 0.785. The summed E-state index contributed by atoms with van der Waals surface area (Å²) in [7, 11) is -3.71. The normalized spacial score (nSPS) is 11.9. The third-order valence-electron chi connectivity index (χ3n) is 1.83. The minimum Gasteiger partial charge on any atom is -0.441 e. The monoisotopic (exact) mass is 227 g/mol. The minimum atomic E-state index is -3.71. The van der Waals surface area contributed by atoms with E-state index in [2.05, 4.69) is 9.97 Å². The number of hydrogen-bond acceptors (Lipinski definition) is 4. The number of sulfonamides is 1. The van der Waals surface area contributed by atoms with Crippen molar-refractivity contribution in [3.63, 3.8) is 0 Å². The number of H-pyrrole nitrogens is 1. The Morgan fingerprint density at radius 1 is 1.53 bits per heavy atom. The van der Waals surface area contributed by atoms with E-state index in [1.165, 1.54) is 12.3 Å². The standard InChI is InChI=1S/C8H9N3O3S/c1-5-3-11-8(14-5)6-2-7(10-4-6)15(9,12)13/h2-4,10H,1H3,(H2,9,12,13). The molecule has 7 heteroatoms. The molecule has 0 fully saturated rings. The van der Waals surface area contributed by atoms with Crippen molar-refractivity contribution in [2.24, 2.45) is 5.14 Å². The van der Waals surface area contributed by atoms with Crippen molar-refractivity contribution in [1.29, 1.82) is 0 Å². The van der Waals surface area contributed by atoms with Crippen LogP contribution in [0, 0.1) is 6.92 Å². The third kappa shape index (κ3) is 1.92. The van der Waals surface area contributed by atoms with Crippen molar-refractivity contribution in [2.75, 3.05) is 0 Å². The van der Waals surface area contributed by atoms with Crippen LogP contribution in [0.2, 0.25) is 0 Å². The molecule has 2 aromatic heterocycles. The third-order valence-corrected chi connectivity index (χ3v) is 2.68. The van der Waals surface area contributed by atoms with Crippen LogP contribution in [0.25, 0.3) is 11.5 Å². The lowest BCUT2D eigenvalue weighted by Gasteiger charge is -1.89. The molecule has 0 saturated carbocycles. The number of hydrogen-bond donors (Lipinski definition) is 2. The summed E-state index contributed by atoms with van der Waals surface area (Å²) in [4.78, 5) is 6.50. The van der Waals surface area contributed by atoms with Gasteiger partial charge in [0.15, 0.2) is 0 Å². The Morgan fingerprint density at radius 3 is 2.73 bits per heavy atom. The lowest BCUT2D eigenvalue weighted by molar-refractivity contribution is 0.542. The van der Waals surface area contributed by atoms with E-state index in [1.54, 1.807) is 13.1 Å². The van der Waals surface area contributed by atoms with Crippen LogP contribution >= 0.6 is 0 Å². The number of primary sulfonamides is 1. The van der Waals surface area contributed by atoms with E-state index in [1.807, 2.05) is 0 Å². The molecule has 0 aliphatic carbocycles. The second-order valence-corrected chi connectivity index (χ2v) is 4.60. The molecule has 3 N–H and O–H groups in total. The number of aromatic nitrogens is 2. The van der Waals surface area contributed by atoms with Crippen LogP contribution in [0.5, 0.6) is 0 Å². The van der Waals surface area contributed by atoms with Crippen LogP contribution in [0.15, 0.2) is 27.9 Å². The van der Waals surface area contributed by atoms with E-state index in [4.69, 9.17) is 9.56 Å². The summed E-state index contributed by atoms with van der Waals surface area (Å²) in [5.74, 6) is 1.02. The highest BCUT2D eigenvalue weighted by Gasteiger charge is 2.13. The van der Waals surface area contributed by atoms with Gasteiger partial charge in [0.05, 0.1) is 11.8 Å². The summed E-state index contributed by atoms with van der Waals surface area (Å²) in [6.07, 6.45) is 3.03. The molecule has 0 unspecified atom stereocenters. The summed E-state index contributed by atoms with van der Waals surface area (Å²) >= 11 is 0. The Bertz CT molecular complexity index is 582. The summed E-state index contributed by atoms with van der Waals surface area (Å²) in [5.41, 5.74) is 0.548. The van der Waals surface area contributed by atoms with Gasteiger partial charge >= 0.3 is 0 Å². The maximum absolute atomic E-state index is 11.0. The molecule has 0 aromatic carbocycles. The number of aromatic amines is 1. The van der Waals surface area contributed by atoms with Crippen LogP contribution in [-0.4, -0.2) is 18.4 Å². The molecule has 0 aliphatic rings. The van der Waals surface area contributed by atoms with Gasteiger partial charge in [0.25, 0.3) is 10.0 Å². The molecule has 2 heterocycles. The predicted octanol–water partition coefficient (Wildman–Crippen LogP) is 0.626. The number of aryl methyl sites for hydroxylation is 1. The molecule has 2 rings (SSSR count). The molecule has 0 aliphatic heterocycles. The average Bonchev–Trinajstić information content (AvgIpc) is 2.69. The zero-order valence-electron chi connectivity index (χ0n) is 7.89. The average molecular weight is 227 g/mol. The van der Waals surface area contributed by atoms with E-state index in [0.717, 1.165) is 0 Å². The highest BCUT2D eigenvalue weighted by Crippen LogP contribution is 2.20. The van der Waals surface area contributed by atoms with Crippen molar-refractivity contribution in [3.05, 3.63) is 24.2 Å². The summed E-state index contributed by atoms with van der Waals surface area (Å²) in [6.45, 7) is 1.75. The maximum Gasteiger partial charge on any atom is 0.253 e. The van der Waals surface area contributed by atoms with Crippen molar-refractivity contribution >= 4 is 10.0 Å². The molecule has 0 amide bonds. The lowest BCUT2D eigenvalue weighted by Crippen LogP contribution is -2.12. The van der Waals surface area contributed by atoms with Gasteiger partial charge in [-0.3, -0.25) is 0 Å². The zero-order valence-corrected chi connectivity index (χ0v) is 8.71. The zero-order chi connectivity index (χ0) is 11.1. The minimum absolute atomic E-state index is 0.0617. The molecule has 6 nitrogen and oxygen atoms in total. The number of oxazole rings is 1. The fourth-order valence-corrected chi connectivity index (χ4v) is 1.66. The lowest BCUT2D eigenvalue weighted by atomic mass is 10.3. The topological polar surface area (TPSA) is 102 Å². The van der Waals surface area contributed by atoms with Crippen LogP contribution in [0.3, 0.4) is 0 Å². The van der Waals surface area contributed by atoms with Crippen LogP contribution < -0.4 is 5.14 Å². The maximum atomic E-state index is 11.0. The summed E-state index contributed by atoms with van der Waals surface area (Å²) in [6, 6.07) is 1.38. The number of nitrogens with zero attached hydrogens (tertiary/aromatic N) is 1. The first-order valence-corrected chi connectivity index (χ1v) is 5.65. The van der Waals surface area contributed by atoms with E-state index in [-0.39, 0.29) is 5.03 Å². The van der Waals surface area contributed by atoms with Crippen molar-refractivity contribution in [3.8, 4) is 11.5 Å². The first-order valence-electron chi connectivity index (χ1n) is 4.11. The highest BCUT2D eigenvalue weighted by molar-refractivity contribution is 7.89. The van der Waals surface area contributed by atoms with Gasteiger partial charge in [-0.25, -0.2) is 18.5 Å². The van der Waals surface area contributed by atoms with E-state index in [9.17, 15) is 8.42 Å². The molecule has 80 valence electrons. The molecule has 0 radical (unpaired) electrons. The first-order chi connectivity index (χ1) is 6.97. The van der Waals surface area contributed by atoms with Gasteiger partial charge in [-0.15, -0.1) is 0 Å². The van der Waals surface area contributed by atoms with Gasteiger partial charge in [0.1, 0.15) is 10.8 Å². The van der Waals surface area contributed by atoms with Crippen molar-refractivity contribution in [2.45, 2.75) is 11.9 Å². The molecular weight excluding hydrogens is 218 g/mol. The van der Waals surface area contributed by atoms with Gasteiger partial charge in [-0.1, -0.05) is 0 Å². The Labute approximate surface area is 86.2 Å². The number of nitrogens with two attached hydrogens (primary N) is 1. The van der Waals surface area contributed by atoms with Gasteiger partial charge in [0, 0.05) is 6.20 Å². The summed E-state index contributed by atoms with van der Waals surface area (Å²) in [5, 5.41) is 4.88. The van der Waals surface area contributed by atoms with Gasteiger partial charge in [-0.2, -0.15) is 0 Å². The van der Waals surface area contributed by atoms with Crippen LogP contribution in [0.1, 0.15) is 5.76 Å². The van der Waals surface area contributed by atoms with E-state index < -0.39 is 10.0 Å². The Kier molecular flexibility index (Phi) is 2.13. The van der Waals surface area contributed by atoms with Crippen LogP contribution in [0.4, 0.5) is 0 Å². The largest absolute Gasteiger partial charge is 0.441 e. The molecule has 0 atom stereocenters.